The Morgan fingerprint density at radius 3 is 2.65 bits per heavy atom. The van der Waals surface area contributed by atoms with Crippen LogP contribution in [0.3, 0.4) is 0 Å². The lowest BCUT2D eigenvalue weighted by molar-refractivity contribution is 0.305. The average molecular weight is 290 g/mol. The van der Waals surface area contributed by atoms with Gasteiger partial charge in [-0.15, -0.1) is 11.3 Å². The minimum atomic E-state index is 0.540. The molecule has 0 atom stereocenters. The summed E-state index contributed by atoms with van der Waals surface area (Å²) in [7, 11) is 0. The zero-order valence-electron chi connectivity index (χ0n) is 12.3. The summed E-state index contributed by atoms with van der Waals surface area (Å²) >= 11 is 1.65. The summed E-state index contributed by atoms with van der Waals surface area (Å²) in [6.45, 7) is 8.81. The Balaban J connectivity index is 1.86. The van der Waals surface area contributed by atoms with E-state index in [4.69, 9.17) is 4.74 Å². The van der Waals surface area contributed by atoms with Gasteiger partial charge in [0.1, 0.15) is 17.4 Å². The second-order valence-electron chi connectivity index (χ2n) is 5.03. The van der Waals surface area contributed by atoms with Crippen LogP contribution in [-0.2, 0) is 13.2 Å². The fourth-order valence-corrected chi connectivity index (χ4v) is 2.55. The minimum absolute atomic E-state index is 0.540. The molecule has 0 radical (unpaired) electrons. The molecule has 0 aliphatic rings. The van der Waals surface area contributed by atoms with Crippen LogP contribution in [0.4, 0.5) is 0 Å². The molecule has 0 saturated heterocycles. The normalized spacial score (nSPS) is 11.0. The molecule has 20 heavy (non-hydrogen) atoms. The smallest absolute Gasteiger partial charge is 0.140 e. The molecule has 2 aromatic rings. The highest BCUT2D eigenvalue weighted by atomic mass is 32.1. The van der Waals surface area contributed by atoms with E-state index in [1.165, 1.54) is 5.56 Å². The lowest BCUT2D eigenvalue weighted by Gasteiger charge is -2.07. The zero-order chi connectivity index (χ0) is 14.4. The van der Waals surface area contributed by atoms with Gasteiger partial charge < -0.3 is 10.1 Å². The summed E-state index contributed by atoms with van der Waals surface area (Å²) < 4.78 is 5.77. The molecule has 1 N–H and O–H groups in total. The standard InChI is InChI=1S/C16H22N2OS/c1-4-17-9-14-11-20-16(18-14)10-19-15-7-5-13(6-8-15)12(2)3/h5-8,11-12,17H,4,9-10H2,1-3H3. The van der Waals surface area contributed by atoms with Crippen molar-refractivity contribution in [2.24, 2.45) is 0 Å². The van der Waals surface area contributed by atoms with Gasteiger partial charge in [-0.05, 0) is 30.2 Å². The second kappa shape index (κ2) is 7.41. The molecule has 0 aliphatic heterocycles. The van der Waals surface area contributed by atoms with Crippen molar-refractivity contribution in [1.82, 2.24) is 10.3 Å². The van der Waals surface area contributed by atoms with Gasteiger partial charge >= 0.3 is 0 Å². The van der Waals surface area contributed by atoms with E-state index in [0.717, 1.165) is 29.5 Å². The Labute approximate surface area is 125 Å². The van der Waals surface area contributed by atoms with Crippen molar-refractivity contribution < 1.29 is 4.74 Å². The van der Waals surface area contributed by atoms with Crippen molar-refractivity contribution in [3.63, 3.8) is 0 Å². The van der Waals surface area contributed by atoms with Crippen molar-refractivity contribution >= 4 is 11.3 Å². The number of nitrogens with one attached hydrogen (secondary N) is 1. The SMILES string of the molecule is CCNCc1csc(COc2ccc(C(C)C)cc2)n1. The van der Waals surface area contributed by atoms with Crippen LogP contribution in [0.2, 0.25) is 0 Å². The van der Waals surface area contributed by atoms with Gasteiger partial charge in [-0.3, -0.25) is 0 Å². The Hall–Kier alpha value is -1.39. The van der Waals surface area contributed by atoms with Crippen molar-refractivity contribution in [2.75, 3.05) is 6.54 Å². The number of ether oxygens (including phenoxy) is 1. The minimum Gasteiger partial charge on any atom is -0.486 e. The molecule has 0 amide bonds. The highest BCUT2D eigenvalue weighted by Crippen LogP contribution is 2.20. The molecule has 108 valence electrons. The maximum atomic E-state index is 5.77. The van der Waals surface area contributed by atoms with Gasteiger partial charge in [0.15, 0.2) is 0 Å². The van der Waals surface area contributed by atoms with E-state index in [9.17, 15) is 0 Å². The van der Waals surface area contributed by atoms with Gasteiger partial charge in [-0.25, -0.2) is 4.98 Å². The van der Waals surface area contributed by atoms with E-state index in [-0.39, 0.29) is 0 Å². The van der Waals surface area contributed by atoms with E-state index in [1.807, 2.05) is 12.1 Å². The predicted molar refractivity (Wildman–Crippen MR) is 84.4 cm³/mol. The van der Waals surface area contributed by atoms with Crippen LogP contribution >= 0.6 is 11.3 Å². The third-order valence-corrected chi connectivity index (χ3v) is 3.94. The Kier molecular flexibility index (Phi) is 5.56. The number of nitrogens with zero attached hydrogens (tertiary/aromatic N) is 1. The first kappa shape index (κ1) is 15.0. The first-order chi connectivity index (χ1) is 9.69. The summed E-state index contributed by atoms with van der Waals surface area (Å²) in [4.78, 5) is 4.54. The molecule has 1 aromatic heterocycles. The predicted octanol–water partition coefficient (Wildman–Crippen LogP) is 3.96. The summed E-state index contributed by atoms with van der Waals surface area (Å²) in [6, 6.07) is 8.31. The fraction of sp³-hybridized carbons (Fsp3) is 0.438. The molecule has 0 bridgehead atoms. The van der Waals surface area contributed by atoms with Crippen LogP contribution in [-0.4, -0.2) is 11.5 Å². The van der Waals surface area contributed by atoms with Crippen LogP contribution < -0.4 is 10.1 Å². The van der Waals surface area contributed by atoms with Crippen LogP contribution in [0.25, 0.3) is 0 Å². The summed E-state index contributed by atoms with van der Waals surface area (Å²) in [5.74, 6) is 1.45. The van der Waals surface area contributed by atoms with E-state index < -0.39 is 0 Å². The Bertz CT molecular complexity index is 520. The largest absolute Gasteiger partial charge is 0.486 e. The Morgan fingerprint density at radius 2 is 2.00 bits per heavy atom. The molecule has 3 nitrogen and oxygen atoms in total. The average Bonchev–Trinajstić information content (AvgIpc) is 2.91. The van der Waals surface area contributed by atoms with Crippen molar-refractivity contribution in [3.05, 3.63) is 45.9 Å². The van der Waals surface area contributed by atoms with E-state index >= 15 is 0 Å². The first-order valence-electron chi connectivity index (χ1n) is 7.05. The maximum absolute atomic E-state index is 5.77. The van der Waals surface area contributed by atoms with Crippen LogP contribution in [0, 0.1) is 0 Å². The van der Waals surface area contributed by atoms with Crippen LogP contribution in [0.15, 0.2) is 29.6 Å². The molecule has 1 aromatic carbocycles. The zero-order valence-corrected chi connectivity index (χ0v) is 13.2. The van der Waals surface area contributed by atoms with Crippen molar-refractivity contribution in [2.45, 2.75) is 39.8 Å². The quantitative estimate of drug-likeness (QED) is 0.838. The summed E-state index contributed by atoms with van der Waals surface area (Å²) in [5, 5.41) is 6.38. The van der Waals surface area contributed by atoms with Crippen molar-refractivity contribution in [1.29, 1.82) is 0 Å². The molecular formula is C16H22N2OS. The molecule has 0 saturated carbocycles. The van der Waals surface area contributed by atoms with Gasteiger partial charge in [0.05, 0.1) is 5.69 Å². The van der Waals surface area contributed by atoms with E-state index in [1.54, 1.807) is 11.3 Å². The lowest BCUT2D eigenvalue weighted by Crippen LogP contribution is -2.12. The van der Waals surface area contributed by atoms with Crippen LogP contribution in [0.1, 0.15) is 43.0 Å². The second-order valence-corrected chi connectivity index (χ2v) is 5.97. The van der Waals surface area contributed by atoms with Gasteiger partial charge in [0.25, 0.3) is 0 Å². The van der Waals surface area contributed by atoms with Gasteiger partial charge in [-0.1, -0.05) is 32.9 Å². The first-order valence-corrected chi connectivity index (χ1v) is 7.93. The number of benzene rings is 1. The molecule has 4 heteroatoms. The molecule has 0 unspecified atom stereocenters. The molecule has 2 rings (SSSR count). The maximum Gasteiger partial charge on any atom is 0.140 e. The van der Waals surface area contributed by atoms with E-state index in [2.05, 4.69) is 48.6 Å². The number of hydrogen-bond acceptors (Lipinski definition) is 4. The molecule has 0 aliphatic carbocycles. The van der Waals surface area contributed by atoms with Crippen molar-refractivity contribution in [3.8, 4) is 5.75 Å². The molecule has 0 spiro atoms. The number of hydrogen-bond donors (Lipinski definition) is 1. The highest BCUT2D eigenvalue weighted by molar-refractivity contribution is 7.09. The lowest BCUT2D eigenvalue weighted by atomic mass is 10.0. The molecule has 0 fully saturated rings. The number of thiazole rings is 1. The van der Waals surface area contributed by atoms with Gasteiger partial charge in [0.2, 0.25) is 0 Å². The van der Waals surface area contributed by atoms with Crippen LogP contribution in [0.5, 0.6) is 5.75 Å². The number of rotatable bonds is 7. The van der Waals surface area contributed by atoms with Gasteiger partial charge in [0, 0.05) is 11.9 Å². The number of aromatic nitrogens is 1. The fourth-order valence-electron chi connectivity index (χ4n) is 1.84. The third-order valence-electron chi connectivity index (χ3n) is 3.06. The van der Waals surface area contributed by atoms with Gasteiger partial charge in [-0.2, -0.15) is 0 Å². The highest BCUT2D eigenvalue weighted by Gasteiger charge is 2.03. The topological polar surface area (TPSA) is 34.1 Å². The van der Waals surface area contributed by atoms with E-state index in [0.29, 0.717) is 12.5 Å². The monoisotopic (exact) mass is 290 g/mol. The third kappa shape index (κ3) is 4.32. The summed E-state index contributed by atoms with van der Waals surface area (Å²) in [6.07, 6.45) is 0. The molecule has 1 heterocycles. The Morgan fingerprint density at radius 1 is 1.25 bits per heavy atom. The molecular weight excluding hydrogens is 268 g/mol. The summed E-state index contributed by atoms with van der Waals surface area (Å²) in [5.41, 5.74) is 2.42.